The van der Waals surface area contributed by atoms with Gasteiger partial charge in [-0.3, -0.25) is 4.79 Å². The van der Waals surface area contributed by atoms with Crippen molar-refractivity contribution >= 4 is 5.97 Å². The minimum Gasteiger partial charge on any atom is -0.457 e. The number of benzene rings is 3. The standard InChI is InChI=1S/C25H24O4/c26-25(16-20-10-5-2-6-11-20)29-22(13-7-12-19-8-3-1-4-9-19)21-14-15-23-24(17-21)28-18-27-23/h1-6,8-11,14-15,17,22H,7,12-13,16,18H2. The van der Waals surface area contributed by atoms with Crippen molar-refractivity contribution in [3.63, 3.8) is 0 Å². The number of esters is 1. The van der Waals surface area contributed by atoms with E-state index >= 15 is 0 Å². The van der Waals surface area contributed by atoms with E-state index in [9.17, 15) is 4.79 Å². The van der Waals surface area contributed by atoms with Crippen LogP contribution in [0.4, 0.5) is 0 Å². The molecule has 1 aliphatic rings. The summed E-state index contributed by atoms with van der Waals surface area (Å²) in [5, 5.41) is 0. The van der Waals surface area contributed by atoms with Gasteiger partial charge in [0.25, 0.3) is 0 Å². The first-order valence-corrected chi connectivity index (χ1v) is 9.95. The van der Waals surface area contributed by atoms with E-state index in [-0.39, 0.29) is 25.3 Å². The Morgan fingerprint density at radius 3 is 2.31 bits per heavy atom. The Hall–Kier alpha value is -3.27. The highest BCUT2D eigenvalue weighted by molar-refractivity contribution is 5.72. The fourth-order valence-electron chi connectivity index (χ4n) is 3.51. The summed E-state index contributed by atoms with van der Waals surface area (Å²) in [7, 11) is 0. The molecule has 0 saturated heterocycles. The van der Waals surface area contributed by atoms with E-state index in [1.807, 2.05) is 66.7 Å². The molecule has 3 aromatic carbocycles. The molecule has 0 fully saturated rings. The zero-order valence-corrected chi connectivity index (χ0v) is 16.3. The fraction of sp³-hybridized carbons (Fsp3) is 0.240. The summed E-state index contributed by atoms with van der Waals surface area (Å²) >= 11 is 0. The maximum absolute atomic E-state index is 12.6. The van der Waals surface area contributed by atoms with E-state index in [4.69, 9.17) is 14.2 Å². The molecule has 1 unspecified atom stereocenters. The van der Waals surface area contributed by atoms with E-state index in [1.165, 1.54) is 5.56 Å². The molecular formula is C25H24O4. The van der Waals surface area contributed by atoms with Gasteiger partial charge in [-0.15, -0.1) is 0 Å². The Morgan fingerprint density at radius 1 is 0.862 bits per heavy atom. The third-order valence-corrected chi connectivity index (χ3v) is 5.01. The van der Waals surface area contributed by atoms with Gasteiger partial charge in [0, 0.05) is 0 Å². The summed E-state index contributed by atoms with van der Waals surface area (Å²) in [4.78, 5) is 12.6. The third kappa shape index (κ3) is 5.17. The van der Waals surface area contributed by atoms with Gasteiger partial charge in [-0.1, -0.05) is 66.7 Å². The summed E-state index contributed by atoms with van der Waals surface area (Å²) in [6, 6.07) is 25.8. The number of carbonyl (C=O) groups excluding carboxylic acids is 1. The van der Waals surface area contributed by atoms with Crippen LogP contribution in [0.15, 0.2) is 78.9 Å². The van der Waals surface area contributed by atoms with Crippen LogP contribution in [-0.4, -0.2) is 12.8 Å². The van der Waals surface area contributed by atoms with Gasteiger partial charge >= 0.3 is 5.97 Å². The molecule has 4 rings (SSSR count). The number of aryl methyl sites for hydroxylation is 1. The lowest BCUT2D eigenvalue weighted by molar-refractivity contribution is -0.149. The molecule has 0 aromatic heterocycles. The van der Waals surface area contributed by atoms with Crippen LogP contribution in [0.25, 0.3) is 0 Å². The molecule has 29 heavy (non-hydrogen) atoms. The van der Waals surface area contributed by atoms with Gasteiger partial charge in [0.15, 0.2) is 11.5 Å². The number of rotatable bonds is 8. The fourth-order valence-corrected chi connectivity index (χ4v) is 3.51. The molecule has 4 nitrogen and oxygen atoms in total. The van der Waals surface area contributed by atoms with Gasteiger partial charge < -0.3 is 14.2 Å². The van der Waals surface area contributed by atoms with E-state index in [0.29, 0.717) is 5.75 Å². The Morgan fingerprint density at radius 2 is 1.55 bits per heavy atom. The normalized spacial score (nSPS) is 13.1. The van der Waals surface area contributed by atoms with Crippen molar-refractivity contribution in [1.82, 2.24) is 0 Å². The predicted molar refractivity (Wildman–Crippen MR) is 111 cm³/mol. The van der Waals surface area contributed by atoms with Gasteiger partial charge in [0.2, 0.25) is 6.79 Å². The summed E-state index contributed by atoms with van der Waals surface area (Å²) in [5.41, 5.74) is 3.17. The summed E-state index contributed by atoms with van der Waals surface area (Å²) in [6.07, 6.45) is 2.56. The van der Waals surface area contributed by atoms with Crippen molar-refractivity contribution in [2.24, 2.45) is 0 Å². The van der Waals surface area contributed by atoms with Crippen molar-refractivity contribution in [2.75, 3.05) is 6.79 Å². The summed E-state index contributed by atoms with van der Waals surface area (Å²) in [6.45, 7) is 0.227. The monoisotopic (exact) mass is 388 g/mol. The molecule has 0 aliphatic carbocycles. The second-order valence-corrected chi connectivity index (χ2v) is 7.13. The predicted octanol–water partition coefficient (Wildman–Crippen LogP) is 5.27. The quantitative estimate of drug-likeness (QED) is 0.494. The first-order chi connectivity index (χ1) is 14.3. The van der Waals surface area contributed by atoms with Crippen molar-refractivity contribution < 1.29 is 19.0 Å². The molecule has 0 saturated carbocycles. The molecule has 1 atom stereocenters. The van der Waals surface area contributed by atoms with Crippen LogP contribution in [0.1, 0.15) is 35.6 Å². The highest BCUT2D eigenvalue weighted by Gasteiger charge is 2.21. The minimum atomic E-state index is -0.315. The van der Waals surface area contributed by atoms with Crippen LogP contribution in [0, 0.1) is 0 Å². The van der Waals surface area contributed by atoms with Gasteiger partial charge in [0.05, 0.1) is 6.42 Å². The Balaban J connectivity index is 1.45. The second-order valence-electron chi connectivity index (χ2n) is 7.13. The van der Waals surface area contributed by atoms with Crippen LogP contribution >= 0.6 is 0 Å². The average Bonchev–Trinajstić information content (AvgIpc) is 3.22. The molecule has 0 bridgehead atoms. The smallest absolute Gasteiger partial charge is 0.310 e. The van der Waals surface area contributed by atoms with Crippen molar-refractivity contribution in [1.29, 1.82) is 0 Å². The highest BCUT2D eigenvalue weighted by atomic mass is 16.7. The van der Waals surface area contributed by atoms with Crippen LogP contribution < -0.4 is 9.47 Å². The molecular weight excluding hydrogens is 364 g/mol. The van der Waals surface area contributed by atoms with Gasteiger partial charge in [-0.05, 0) is 48.1 Å². The summed E-state index contributed by atoms with van der Waals surface area (Å²) in [5.74, 6) is 1.21. The van der Waals surface area contributed by atoms with Gasteiger partial charge in [-0.25, -0.2) is 0 Å². The zero-order valence-electron chi connectivity index (χ0n) is 16.3. The maximum Gasteiger partial charge on any atom is 0.310 e. The number of fused-ring (bicyclic) bond motifs is 1. The Labute approximate surface area is 171 Å². The minimum absolute atomic E-state index is 0.224. The van der Waals surface area contributed by atoms with E-state index in [1.54, 1.807) is 0 Å². The second kappa shape index (κ2) is 9.28. The Bertz CT molecular complexity index is 938. The Kier molecular flexibility index (Phi) is 6.10. The highest BCUT2D eigenvalue weighted by Crippen LogP contribution is 2.36. The van der Waals surface area contributed by atoms with Crippen LogP contribution in [0.5, 0.6) is 11.5 Å². The van der Waals surface area contributed by atoms with E-state index in [0.717, 1.165) is 36.1 Å². The maximum atomic E-state index is 12.6. The summed E-state index contributed by atoms with van der Waals surface area (Å²) < 4.78 is 16.8. The molecule has 1 aliphatic heterocycles. The lowest BCUT2D eigenvalue weighted by Gasteiger charge is -2.19. The lowest BCUT2D eigenvalue weighted by Crippen LogP contribution is -2.14. The van der Waals surface area contributed by atoms with Crippen molar-refractivity contribution in [3.05, 3.63) is 95.6 Å². The van der Waals surface area contributed by atoms with Crippen LogP contribution in [0.3, 0.4) is 0 Å². The molecule has 0 spiro atoms. The first kappa shape index (κ1) is 19.1. The van der Waals surface area contributed by atoms with Crippen molar-refractivity contribution in [3.8, 4) is 11.5 Å². The van der Waals surface area contributed by atoms with Crippen LogP contribution in [-0.2, 0) is 22.4 Å². The molecule has 0 radical (unpaired) electrons. The molecule has 148 valence electrons. The van der Waals surface area contributed by atoms with Crippen molar-refractivity contribution in [2.45, 2.75) is 31.8 Å². The lowest BCUT2D eigenvalue weighted by atomic mass is 10.0. The topological polar surface area (TPSA) is 44.8 Å². The van der Waals surface area contributed by atoms with Gasteiger partial charge in [-0.2, -0.15) is 0 Å². The van der Waals surface area contributed by atoms with E-state index in [2.05, 4.69) is 12.1 Å². The molecule has 0 N–H and O–H groups in total. The number of hydrogen-bond donors (Lipinski definition) is 0. The molecule has 3 aromatic rings. The average molecular weight is 388 g/mol. The number of hydrogen-bond acceptors (Lipinski definition) is 4. The SMILES string of the molecule is O=C(Cc1ccccc1)OC(CCCc1ccccc1)c1ccc2c(c1)OCO2. The number of carbonyl (C=O) groups is 1. The molecule has 0 amide bonds. The number of ether oxygens (including phenoxy) is 3. The molecule has 1 heterocycles. The van der Waals surface area contributed by atoms with E-state index < -0.39 is 0 Å². The zero-order chi connectivity index (χ0) is 19.9. The van der Waals surface area contributed by atoms with Crippen LogP contribution in [0.2, 0.25) is 0 Å². The molecule has 4 heteroatoms. The largest absolute Gasteiger partial charge is 0.457 e. The van der Waals surface area contributed by atoms with Gasteiger partial charge in [0.1, 0.15) is 6.10 Å². The third-order valence-electron chi connectivity index (χ3n) is 5.01. The first-order valence-electron chi connectivity index (χ1n) is 9.95.